The topological polar surface area (TPSA) is 82.7 Å². The molecule has 1 saturated heterocycles. The monoisotopic (exact) mass is 464 g/mol. The van der Waals surface area contributed by atoms with Crippen molar-refractivity contribution in [2.75, 3.05) is 26.9 Å². The summed E-state index contributed by atoms with van der Waals surface area (Å²) in [5.41, 5.74) is 1.57. The van der Waals surface area contributed by atoms with Crippen molar-refractivity contribution in [2.24, 2.45) is 0 Å². The molecule has 0 amide bonds. The first-order chi connectivity index (χ1) is 15.9. The van der Waals surface area contributed by atoms with Crippen molar-refractivity contribution in [1.82, 2.24) is 20.0 Å². The fourth-order valence-electron chi connectivity index (χ4n) is 3.64. The molecule has 8 nitrogen and oxygen atoms in total. The molecule has 33 heavy (non-hydrogen) atoms. The molecule has 1 atom stereocenters. The van der Waals surface area contributed by atoms with Crippen LogP contribution in [0.25, 0.3) is 11.4 Å². The summed E-state index contributed by atoms with van der Waals surface area (Å²) in [6.07, 6.45) is -1.29. The fraction of sp³-hybridized carbons (Fsp3) is 0.409. The van der Waals surface area contributed by atoms with Gasteiger partial charge in [0.05, 0.1) is 12.6 Å². The largest absolute Gasteiger partial charge is 0.573 e. The average molecular weight is 464 g/mol. The van der Waals surface area contributed by atoms with Gasteiger partial charge in [-0.2, -0.15) is 4.98 Å². The number of hydrogen-bond donors (Lipinski definition) is 0. The average Bonchev–Trinajstić information content (AvgIpc) is 3.44. The molecule has 1 unspecified atom stereocenters. The number of pyridine rings is 1. The molecule has 0 radical (unpaired) electrons. The van der Waals surface area contributed by atoms with E-state index in [-0.39, 0.29) is 11.8 Å². The van der Waals surface area contributed by atoms with Gasteiger partial charge >= 0.3 is 6.36 Å². The first-order valence-electron chi connectivity index (χ1n) is 10.4. The maximum atomic E-state index is 12.3. The second kappa shape index (κ2) is 10.2. The minimum atomic E-state index is -4.70. The first kappa shape index (κ1) is 23.0. The van der Waals surface area contributed by atoms with Gasteiger partial charge in [0.2, 0.25) is 17.6 Å². The van der Waals surface area contributed by atoms with E-state index in [9.17, 15) is 13.2 Å². The van der Waals surface area contributed by atoms with E-state index >= 15 is 0 Å². The number of methoxy groups -OCH3 is 1. The summed E-state index contributed by atoms with van der Waals surface area (Å²) >= 11 is 0. The number of likely N-dealkylation sites (tertiary alicyclic amines) is 1. The molecule has 0 aliphatic carbocycles. The zero-order valence-corrected chi connectivity index (χ0v) is 17.9. The molecule has 0 saturated carbocycles. The number of benzene rings is 1. The third-order valence-electron chi connectivity index (χ3n) is 5.16. The second-order valence-corrected chi connectivity index (χ2v) is 7.50. The SMILES string of the molecule is COCCOc1ccc(-c2noc(C3CCCN3Cc3ccc(OC(F)(F)F)cc3)n2)cn1. The van der Waals surface area contributed by atoms with Gasteiger partial charge in [0.1, 0.15) is 12.4 Å². The zero-order chi connectivity index (χ0) is 23.3. The van der Waals surface area contributed by atoms with Crippen LogP contribution in [-0.4, -0.2) is 53.3 Å². The van der Waals surface area contributed by atoms with Gasteiger partial charge in [-0.3, -0.25) is 4.90 Å². The number of hydrogen-bond acceptors (Lipinski definition) is 8. The Morgan fingerprint density at radius 2 is 1.94 bits per heavy atom. The number of alkyl halides is 3. The number of ether oxygens (including phenoxy) is 3. The Bertz CT molecular complexity index is 1030. The van der Waals surface area contributed by atoms with Gasteiger partial charge in [0.25, 0.3) is 0 Å². The van der Waals surface area contributed by atoms with Crippen molar-refractivity contribution < 1.29 is 31.9 Å². The molecular formula is C22H23F3N4O4. The Balaban J connectivity index is 1.39. The van der Waals surface area contributed by atoms with Crippen molar-refractivity contribution in [3.8, 4) is 23.0 Å². The standard InChI is InChI=1S/C22H23F3N4O4/c1-30-11-12-31-19-9-6-16(13-26-19)20-27-21(33-28-20)18-3-2-10-29(18)14-15-4-7-17(8-5-15)32-22(23,24)25/h4-9,13,18H,2-3,10-12,14H2,1H3. The van der Waals surface area contributed by atoms with Crippen LogP contribution in [0.4, 0.5) is 13.2 Å². The minimum absolute atomic E-state index is 0.0676. The number of halogens is 3. The van der Waals surface area contributed by atoms with Crippen LogP contribution in [0, 0.1) is 0 Å². The summed E-state index contributed by atoms with van der Waals surface area (Å²) in [4.78, 5) is 11.0. The lowest BCUT2D eigenvalue weighted by molar-refractivity contribution is -0.274. The Morgan fingerprint density at radius 3 is 2.64 bits per heavy atom. The van der Waals surface area contributed by atoms with E-state index in [1.165, 1.54) is 12.1 Å². The predicted molar refractivity (Wildman–Crippen MR) is 110 cm³/mol. The molecule has 2 aromatic heterocycles. The lowest BCUT2D eigenvalue weighted by atomic mass is 10.1. The van der Waals surface area contributed by atoms with Gasteiger partial charge in [-0.05, 0) is 43.1 Å². The van der Waals surface area contributed by atoms with Gasteiger partial charge in [-0.25, -0.2) is 4.98 Å². The summed E-state index contributed by atoms with van der Waals surface area (Å²) in [7, 11) is 1.60. The Labute approximate surface area is 188 Å². The molecule has 3 heterocycles. The van der Waals surface area contributed by atoms with Gasteiger partial charge in [-0.1, -0.05) is 17.3 Å². The normalized spacial score (nSPS) is 16.8. The van der Waals surface area contributed by atoms with Crippen molar-refractivity contribution in [1.29, 1.82) is 0 Å². The van der Waals surface area contributed by atoms with E-state index in [2.05, 4.69) is 24.8 Å². The van der Waals surface area contributed by atoms with Crippen LogP contribution >= 0.6 is 0 Å². The van der Waals surface area contributed by atoms with Crippen LogP contribution in [0.15, 0.2) is 47.1 Å². The molecule has 0 bridgehead atoms. The molecular weight excluding hydrogens is 441 g/mol. The van der Waals surface area contributed by atoms with Gasteiger partial charge in [0, 0.05) is 31.5 Å². The molecule has 0 spiro atoms. The van der Waals surface area contributed by atoms with Crippen LogP contribution in [-0.2, 0) is 11.3 Å². The predicted octanol–water partition coefficient (Wildman–Crippen LogP) is 4.39. The number of nitrogens with zero attached hydrogens (tertiary/aromatic N) is 4. The van der Waals surface area contributed by atoms with Crippen LogP contribution < -0.4 is 9.47 Å². The molecule has 11 heteroatoms. The van der Waals surface area contributed by atoms with Crippen LogP contribution in [0.5, 0.6) is 11.6 Å². The molecule has 1 aromatic carbocycles. The molecule has 1 fully saturated rings. The smallest absolute Gasteiger partial charge is 0.475 e. The highest BCUT2D eigenvalue weighted by Gasteiger charge is 2.32. The van der Waals surface area contributed by atoms with Crippen LogP contribution in [0.2, 0.25) is 0 Å². The molecule has 1 aliphatic heterocycles. The molecule has 4 rings (SSSR count). The maximum absolute atomic E-state index is 12.3. The highest BCUT2D eigenvalue weighted by molar-refractivity contribution is 5.53. The summed E-state index contributed by atoms with van der Waals surface area (Å²) in [6, 6.07) is 9.34. The highest BCUT2D eigenvalue weighted by Crippen LogP contribution is 2.33. The van der Waals surface area contributed by atoms with E-state index in [0.29, 0.717) is 42.9 Å². The fourth-order valence-corrected chi connectivity index (χ4v) is 3.64. The summed E-state index contributed by atoms with van der Waals surface area (Å²) < 4.78 is 56.9. The van der Waals surface area contributed by atoms with E-state index in [4.69, 9.17) is 14.0 Å². The van der Waals surface area contributed by atoms with E-state index in [1.807, 2.05) is 0 Å². The molecule has 0 N–H and O–H groups in total. The number of aromatic nitrogens is 3. The zero-order valence-electron chi connectivity index (χ0n) is 17.9. The van der Waals surface area contributed by atoms with Crippen LogP contribution in [0.1, 0.15) is 30.3 Å². The minimum Gasteiger partial charge on any atom is -0.475 e. The van der Waals surface area contributed by atoms with Crippen LogP contribution in [0.3, 0.4) is 0 Å². The van der Waals surface area contributed by atoms with Gasteiger partial charge < -0.3 is 18.7 Å². The lowest BCUT2D eigenvalue weighted by Gasteiger charge is -2.21. The van der Waals surface area contributed by atoms with Gasteiger partial charge in [-0.15, -0.1) is 13.2 Å². The Hall–Kier alpha value is -3.18. The quantitative estimate of drug-likeness (QED) is 0.431. The Morgan fingerprint density at radius 1 is 1.12 bits per heavy atom. The molecule has 3 aromatic rings. The van der Waals surface area contributed by atoms with Crippen molar-refractivity contribution in [2.45, 2.75) is 31.8 Å². The third kappa shape index (κ3) is 6.20. The van der Waals surface area contributed by atoms with E-state index in [1.54, 1.807) is 37.6 Å². The third-order valence-corrected chi connectivity index (χ3v) is 5.16. The lowest BCUT2D eigenvalue weighted by Crippen LogP contribution is -2.23. The Kier molecular flexibility index (Phi) is 7.09. The molecule has 1 aliphatic rings. The van der Waals surface area contributed by atoms with Crippen molar-refractivity contribution in [3.05, 3.63) is 54.0 Å². The maximum Gasteiger partial charge on any atom is 0.573 e. The highest BCUT2D eigenvalue weighted by atomic mass is 19.4. The van der Waals surface area contributed by atoms with E-state index in [0.717, 1.165) is 24.9 Å². The van der Waals surface area contributed by atoms with Crippen molar-refractivity contribution in [3.63, 3.8) is 0 Å². The summed E-state index contributed by atoms with van der Waals surface area (Å²) in [5, 5.41) is 4.09. The summed E-state index contributed by atoms with van der Waals surface area (Å²) in [5.74, 6) is 1.17. The van der Waals surface area contributed by atoms with Crippen molar-refractivity contribution >= 4 is 0 Å². The number of rotatable bonds is 9. The molecule has 176 valence electrons. The first-order valence-corrected chi connectivity index (χ1v) is 10.4. The van der Waals surface area contributed by atoms with Gasteiger partial charge in [0.15, 0.2) is 0 Å². The summed E-state index contributed by atoms with van der Waals surface area (Å²) in [6.45, 7) is 2.24. The second-order valence-electron chi connectivity index (χ2n) is 7.50. The van der Waals surface area contributed by atoms with E-state index < -0.39 is 6.36 Å².